The second-order valence-electron chi connectivity index (χ2n) is 8.14. The van der Waals surface area contributed by atoms with E-state index in [4.69, 9.17) is 14.7 Å². The van der Waals surface area contributed by atoms with Crippen LogP contribution in [0.15, 0.2) is 66.0 Å². The predicted molar refractivity (Wildman–Crippen MR) is 149 cm³/mol. The van der Waals surface area contributed by atoms with Gasteiger partial charge in [-0.25, -0.2) is 9.97 Å². The number of halogens is 1. The van der Waals surface area contributed by atoms with Crippen LogP contribution in [0.2, 0.25) is 0 Å². The second kappa shape index (κ2) is 10.7. The maximum Gasteiger partial charge on any atom is 0.260 e. The van der Waals surface area contributed by atoms with E-state index >= 15 is 0 Å². The molecule has 2 aromatic carbocycles. The van der Waals surface area contributed by atoms with Crippen molar-refractivity contribution >= 4 is 67.2 Å². The topological polar surface area (TPSA) is 58.6 Å². The number of nitrogens with zero attached hydrogens (tertiary/aromatic N) is 4. The van der Waals surface area contributed by atoms with Crippen LogP contribution < -0.4 is 9.64 Å². The Morgan fingerprint density at radius 2 is 1.80 bits per heavy atom. The molecule has 0 unspecified atom stereocenters. The zero-order chi connectivity index (χ0) is 23.7. The number of rotatable bonds is 7. The van der Waals surface area contributed by atoms with Gasteiger partial charge in [0.05, 0.1) is 39.0 Å². The summed E-state index contributed by atoms with van der Waals surface area (Å²) in [5.41, 5.74) is 3.09. The molecule has 0 aliphatic carbocycles. The van der Waals surface area contributed by atoms with Gasteiger partial charge in [0.25, 0.3) is 5.91 Å². The number of thiophene rings is 1. The van der Waals surface area contributed by atoms with Crippen LogP contribution in [-0.2, 0) is 0 Å². The van der Waals surface area contributed by atoms with Crippen molar-refractivity contribution in [2.24, 2.45) is 0 Å². The molecule has 3 aromatic heterocycles. The van der Waals surface area contributed by atoms with Crippen LogP contribution in [0, 0.1) is 0 Å². The van der Waals surface area contributed by atoms with Crippen molar-refractivity contribution in [3.8, 4) is 16.3 Å². The number of carbonyl (C=O) groups excluding carboxylic acids is 1. The fraction of sp³-hybridized carbons (Fsp3) is 0.192. The van der Waals surface area contributed by atoms with Gasteiger partial charge < -0.3 is 9.64 Å². The Morgan fingerprint density at radius 3 is 2.54 bits per heavy atom. The third-order valence-corrected chi connectivity index (χ3v) is 7.48. The summed E-state index contributed by atoms with van der Waals surface area (Å²) in [5, 5.41) is 3.53. The van der Waals surface area contributed by atoms with E-state index in [1.54, 1.807) is 23.3 Å². The maximum atomic E-state index is 14.1. The highest BCUT2D eigenvalue weighted by atomic mass is 35.5. The van der Waals surface area contributed by atoms with E-state index in [0.717, 1.165) is 37.4 Å². The SMILES string of the molecule is COc1ccc2nc(N(CCN(C)C)C(=O)c3cc(-c4cccs4)nc4ccccc34)sc2c1.Cl. The van der Waals surface area contributed by atoms with Crippen molar-refractivity contribution in [1.82, 2.24) is 14.9 Å². The molecule has 9 heteroatoms. The molecule has 1 amide bonds. The molecule has 3 heterocycles. The molecule has 0 radical (unpaired) electrons. The maximum absolute atomic E-state index is 14.1. The van der Waals surface area contributed by atoms with Crippen LogP contribution >= 0.6 is 35.1 Å². The Bertz CT molecular complexity index is 1470. The molecule has 0 atom stereocenters. The first-order valence-corrected chi connectivity index (χ1v) is 12.6. The van der Waals surface area contributed by atoms with Crippen LogP contribution in [-0.4, -0.2) is 55.1 Å². The summed E-state index contributed by atoms with van der Waals surface area (Å²) in [6, 6.07) is 19.5. The number of methoxy groups -OCH3 is 1. The van der Waals surface area contributed by atoms with E-state index in [2.05, 4.69) is 4.90 Å². The Morgan fingerprint density at radius 1 is 0.971 bits per heavy atom. The molecule has 6 nitrogen and oxygen atoms in total. The summed E-state index contributed by atoms with van der Waals surface area (Å²) in [7, 11) is 5.65. The Kier molecular flexibility index (Phi) is 7.66. The standard InChI is InChI=1S/C26H24N4O2S2.ClH/c1-29(2)12-13-30(26-28-21-11-10-17(32-3)15-24(21)34-26)25(31)19-16-22(23-9-6-14-33-23)27-20-8-5-4-7-18(19)20;/h4-11,14-16H,12-13H2,1-3H3;1H. The van der Waals surface area contributed by atoms with Gasteiger partial charge in [0, 0.05) is 18.5 Å². The van der Waals surface area contributed by atoms with Crippen molar-refractivity contribution in [2.45, 2.75) is 0 Å². The average molecular weight is 525 g/mol. The first-order valence-electron chi connectivity index (χ1n) is 10.9. The van der Waals surface area contributed by atoms with E-state index in [1.807, 2.05) is 80.1 Å². The Labute approximate surface area is 218 Å². The molecule has 180 valence electrons. The third-order valence-electron chi connectivity index (χ3n) is 5.55. The summed E-state index contributed by atoms with van der Waals surface area (Å²) in [6.07, 6.45) is 0. The molecule has 35 heavy (non-hydrogen) atoms. The van der Waals surface area contributed by atoms with Crippen LogP contribution in [0.25, 0.3) is 31.7 Å². The lowest BCUT2D eigenvalue weighted by molar-refractivity contribution is 0.0986. The molecular formula is C26H25ClN4O2S2. The summed E-state index contributed by atoms with van der Waals surface area (Å²) < 4.78 is 6.35. The van der Waals surface area contributed by atoms with Crippen molar-refractivity contribution in [3.63, 3.8) is 0 Å². The number of likely N-dealkylation sites (N-methyl/N-ethyl adjacent to an activating group) is 1. The lowest BCUT2D eigenvalue weighted by atomic mass is 10.1. The number of benzene rings is 2. The van der Waals surface area contributed by atoms with E-state index < -0.39 is 0 Å². The number of hydrogen-bond acceptors (Lipinski definition) is 7. The largest absolute Gasteiger partial charge is 0.497 e. The van der Waals surface area contributed by atoms with Gasteiger partial charge in [0.1, 0.15) is 5.75 Å². The van der Waals surface area contributed by atoms with Gasteiger partial charge in [-0.2, -0.15) is 0 Å². The zero-order valence-corrected chi connectivity index (χ0v) is 22.0. The highest BCUT2D eigenvalue weighted by molar-refractivity contribution is 7.22. The van der Waals surface area contributed by atoms with Gasteiger partial charge in [0.15, 0.2) is 5.13 Å². The minimum atomic E-state index is -0.0794. The monoisotopic (exact) mass is 524 g/mol. The lowest BCUT2D eigenvalue weighted by Crippen LogP contribution is -2.37. The highest BCUT2D eigenvalue weighted by Gasteiger charge is 2.24. The molecule has 0 saturated carbocycles. The molecular weight excluding hydrogens is 500 g/mol. The minimum absolute atomic E-state index is 0. The number of thiazole rings is 1. The minimum Gasteiger partial charge on any atom is -0.497 e. The number of ether oxygens (including phenoxy) is 1. The predicted octanol–water partition coefficient (Wildman–Crippen LogP) is 6.21. The molecule has 5 aromatic rings. The molecule has 0 N–H and O–H groups in total. The van der Waals surface area contributed by atoms with E-state index in [9.17, 15) is 4.79 Å². The van der Waals surface area contributed by atoms with Gasteiger partial charge in [-0.15, -0.1) is 23.7 Å². The number of hydrogen-bond donors (Lipinski definition) is 0. The molecule has 0 spiro atoms. The molecule has 0 saturated heterocycles. The first kappa shape index (κ1) is 25.1. The summed E-state index contributed by atoms with van der Waals surface area (Å²) >= 11 is 3.11. The van der Waals surface area contributed by atoms with Crippen LogP contribution in [0.5, 0.6) is 5.75 Å². The number of anilines is 1. The Balaban J connectivity index is 0.00000289. The first-order chi connectivity index (χ1) is 16.5. The number of carbonyl (C=O) groups is 1. The van der Waals surface area contributed by atoms with Gasteiger partial charge in [-0.05, 0) is 55.9 Å². The van der Waals surface area contributed by atoms with Crippen molar-refractivity contribution in [1.29, 1.82) is 0 Å². The number of aromatic nitrogens is 2. The van der Waals surface area contributed by atoms with E-state index in [-0.39, 0.29) is 18.3 Å². The van der Waals surface area contributed by atoms with Gasteiger partial charge in [0.2, 0.25) is 0 Å². The average Bonchev–Trinajstić information content (AvgIpc) is 3.53. The molecule has 0 bridgehead atoms. The van der Waals surface area contributed by atoms with Crippen molar-refractivity contribution < 1.29 is 9.53 Å². The lowest BCUT2D eigenvalue weighted by Gasteiger charge is -2.23. The summed E-state index contributed by atoms with van der Waals surface area (Å²) in [5.74, 6) is 0.693. The molecule has 0 aliphatic heterocycles. The molecule has 5 rings (SSSR count). The highest BCUT2D eigenvalue weighted by Crippen LogP contribution is 2.34. The van der Waals surface area contributed by atoms with E-state index in [1.165, 1.54) is 11.3 Å². The molecule has 0 aliphatic rings. The Hall–Kier alpha value is -3.04. The third kappa shape index (κ3) is 5.16. The summed E-state index contributed by atoms with van der Waals surface area (Å²) in [4.78, 5) is 28.6. The smallest absolute Gasteiger partial charge is 0.260 e. The second-order valence-corrected chi connectivity index (χ2v) is 10.1. The quantitative estimate of drug-likeness (QED) is 0.253. The van der Waals surface area contributed by atoms with Gasteiger partial charge in [-0.3, -0.25) is 9.69 Å². The number of para-hydroxylation sites is 1. The number of fused-ring (bicyclic) bond motifs is 2. The van der Waals surface area contributed by atoms with Crippen molar-refractivity contribution in [3.05, 3.63) is 71.6 Å². The van der Waals surface area contributed by atoms with Crippen LogP contribution in [0.1, 0.15) is 10.4 Å². The summed E-state index contributed by atoms with van der Waals surface area (Å²) in [6.45, 7) is 1.24. The van der Waals surface area contributed by atoms with Crippen LogP contribution in [0.4, 0.5) is 5.13 Å². The van der Waals surface area contributed by atoms with Crippen molar-refractivity contribution in [2.75, 3.05) is 39.2 Å². The van der Waals surface area contributed by atoms with Gasteiger partial charge in [-0.1, -0.05) is 35.6 Å². The fourth-order valence-electron chi connectivity index (χ4n) is 3.77. The van der Waals surface area contributed by atoms with Gasteiger partial charge >= 0.3 is 0 Å². The fourth-order valence-corrected chi connectivity index (χ4v) is 5.47. The molecule has 0 fully saturated rings. The van der Waals surface area contributed by atoms with Crippen LogP contribution in [0.3, 0.4) is 0 Å². The zero-order valence-electron chi connectivity index (χ0n) is 19.6. The number of amides is 1. The van der Waals surface area contributed by atoms with E-state index in [0.29, 0.717) is 23.8 Å². The normalized spacial score (nSPS) is 11.1. The number of pyridine rings is 1.